The number of benzene rings is 5. The van der Waals surface area contributed by atoms with Crippen molar-refractivity contribution in [2.24, 2.45) is 4.99 Å². The van der Waals surface area contributed by atoms with Crippen molar-refractivity contribution in [3.05, 3.63) is 156 Å². The Bertz CT molecular complexity index is 1570. The molecule has 5 aromatic carbocycles. The lowest BCUT2D eigenvalue weighted by Crippen LogP contribution is -2.27. The van der Waals surface area contributed by atoms with E-state index in [9.17, 15) is 4.79 Å². The molecule has 0 spiro atoms. The van der Waals surface area contributed by atoms with Gasteiger partial charge in [-0.2, -0.15) is 0 Å². The Morgan fingerprint density at radius 2 is 1.26 bits per heavy atom. The SMILES string of the molecule is O=C(Nc1ccccc1C1=N[C@@H](c2ccccc2)CO1)c1ccccc1P(c1ccccc1)c1ccccc1. The molecule has 1 atom stereocenters. The highest BCUT2D eigenvalue weighted by atomic mass is 31.1. The molecule has 0 saturated heterocycles. The minimum atomic E-state index is -0.931. The molecule has 0 bridgehead atoms. The molecular formula is C34H27N2O2P. The van der Waals surface area contributed by atoms with Crippen LogP contribution < -0.4 is 21.2 Å². The highest BCUT2D eigenvalue weighted by Gasteiger charge is 2.25. The van der Waals surface area contributed by atoms with Crippen molar-refractivity contribution in [1.82, 2.24) is 0 Å². The van der Waals surface area contributed by atoms with Gasteiger partial charge in [-0.1, -0.05) is 121 Å². The fraction of sp³-hybridized carbons (Fsp3) is 0.0588. The second-order valence-corrected chi connectivity index (χ2v) is 11.4. The molecule has 1 aliphatic rings. The molecule has 5 aromatic rings. The highest BCUT2D eigenvalue weighted by molar-refractivity contribution is 7.80. The van der Waals surface area contributed by atoms with Crippen molar-refractivity contribution in [1.29, 1.82) is 0 Å². The van der Waals surface area contributed by atoms with E-state index in [1.807, 2.05) is 72.8 Å². The monoisotopic (exact) mass is 526 g/mol. The van der Waals surface area contributed by atoms with Crippen molar-refractivity contribution >= 4 is 41.3 Å². The zero-order valence-corrected chi connectivity index (χ0v) is 22.2. The van der Waals surface area contributed by atoms with Gasteiger partial charge in [-0.15, -0.1) is 0 Å². The van der Waals surface area contributed by atoms with Crippen LogP contribution in [-0.4, -0.2) is 18.4 Å². The van der Waals surface area contributed by atoms with E-state index in [-0.39, 0.29) is 11.9 Å². The maximum absolute atomic E-state index is 13.9. The molecule has 0 aromatic heterocycles. The molecule has 6 rings (SSSR count). The van der Waals surface area contributed by atoms with E-state index in [0.717, 1.165) is 16.4 Å². The second-order valence-electron chi connectivity index (χ2n) is 9.20. The molecule has 5 heteroatoms. The van der Waals surface area contributed by atoms with Gasteiger partial charge in [-0.3, -0.25) is 4.79 Å². The lowest BCUT2D eigenvalue weighted by molar-refractivity contribution is 0.102. The number of hydrogen-bond donors (Lipinski definition) is 1. The van der Waals surface area contributed by atoms with Crippen molar-refractivity contribution in [3.8, 4) is 0 Å². The third-order valence-corrected chi connectivity index (χ3v) is 9.16. The Kier molecular flexibility index (Phi) is 7.29. The normalized spacial score (nSPS) is 14.5. The van der Waals surface area contributed by atoms with E-state index < -0.39 is 7.92 Å². The second kappa shape index (κ2) is 11.5. The van der Waals surface area contributed by atoms with Crippen LogP contribution in [0.25, 0.3) is 0 Å². The van der Waals surface area contributed by atoms with Gasteiger partial charge in [0.15, 0.2) is 0 Å². The van der Waals surface area contributed by atoms with E-state index in [0.29, 0.717) is 23.8 Å². The highest BCUT2D eigenvalue weighted by Crippen LogP contribution is 2.34. The van der Waals surface area contributed by atoms with Gasteiger partial charge in [0.1, 0.15) is 12.6 Å². The van der Waals surface area contributed by atoms with Crippen LogP contribution in [0, 0.1) is 0 Å². The maximum atomic E-state index is 13.9. The summed E-state index contributed by atoms with van der Waals surface area (Å²) in [5, 5.41) is 6.57. The first-order valence-electron chi connectivity index (χ1n) is 12.9. The molecule has 0 aliphatic carbocycles. The summed E-state index contributed by atoms with van der Waals surface area (Å²) in [6.45, 7) is 0.475. The Morgan fingerprint density at radius 3 is 1.95 bits per heavy atom. The summed E-state index contributed by atoms with van der Waals surface area (Å²) in [6, 6.07) is 46.5. The van der Waals surface area contributed by atoms with Crippen LogP contribution in [0.15, 0.2) is 145 Å². The van der Waals surface area contributed by atoms with Crippen molar-refractivity contribution in [2.45, 2.75) is 6.04 Å². The molecule has 1 heterocycles. The third kappa shape index (κ3) is 5.38. The van der Waals surface area contributed by atoms with Crippen LogP contribution in [-0.2, 0) is 4.74 Å². The van der Waals surface area contributed by atoms with Gasteiger partial charge in [0, 0.05) is 5.56 Å². The smallest absolute Gasteiger partial charge is 0.256 e. The van der Waals surface area contributed by atoms with Gasteiger partial charge < -0.3 is 10.1 Å². The van der Waals surface area contributed by atoms with Crippen LogP contribution in [0.1, 0.15) is 27.5 Å². The lowest BCUT2D eigenvalue weighted by Gasteiger charge is -2.22. The molecule has 1 N–H and O–H groups in total. The Hall–Kier alpha value is -4.53. The molecule has 4 nitrogen and oxygen atoms in total. The van der Waals surface area contributed by atoms with Crippen molar-refractivity contribution in [3.63, 3.8) is 0 Å². The topological polar surface area (TPSA) is 50.7 Å². The van der Waals surface area contributed by atoms with Gasteiger partial charge in [0.05, 0.1) is 11.3 Å². The third-order valence-electron chi connectivity index (χ3n) is 6.66. The van der Waals surface area contributed by atoms with Gasteiger partial charge >= 0.3 is 0 Å². The predicted molar refractivity (Wildman–Crippen MR) is 161 cm³/mol. The van der Waals surface area contributed by atoms with Crippen LogP contribution in [0.5, 0.6) is 0 Å². The fourth-order valence-corrected chi connectivity index (χ4v) is 7.22. The first-order valence-corrected chi connectivity index (χ1v) is 14.3. The van der Waals surface area contributed by atoms with E-state index >= 15 is 0 Å². The quantitative estimate of drug-likeness (QED) is 0.256. The number of aliphatic imine (C=N–C) groups is 1. The number of para-hydroxylation sites is 1. The van der Waals surface area contributed by atoms with Crippen LogP contribution in [0.3, 0.4) is 0 Å². The minimum absolute atomic E-state index is 0.0639. The first-order chi connectivity index (χ1) is 19.3. The Morgan fingerprint density at radius 1 is 0.692 bits per heavy atom. The molecular weight excluding hydrogens is 499 g/mol. The number of hydrogen-bond acceptors (Lipinski definition) is 3. The molecule has 1 amide bonds. The van der Waals surface area contributed by atoms with Gasteiger partial charge in [0.2, 0.25) is 5.90 Å². The first kappa shape index (κ1) is 24.8. The van der Waals surface area contributed by atoms with E-state index in [4.69, 9.17) is 9.73 Å². The molecule has 0 fully saturated rings. The fourth-order valence-electron chi connectivity index (χ4n) is 4.78. The standard InChI is InChI=1S/C34H27N2O2P/c37-33(35-30-22-12-10-20-28(30)34-36-31(24-38-34)25-14-4-1-5-15-25)29-21-11-13-23-32(29)39(26-16-6-2-7-17-26)27-18-8-3-9-19-27/h1-23,31H,24H2,(H,35,37)/t31-/m1/s1. The zero-order chi connectivity index (χ0) is 26.4. The van der Waals surface area contributed by atoms with Crippen LogP contribution in [0.2, 0.25) is 0 Å². The number of nitrogens with one attached hydrogen (secondary N) is 1. The summed E-state index contributed by atoms with van der Waals surface area (Å²) in [7, 11) is -0.931. The van der Waals surface area contributed by atoms with Crippen molar-refractivity contribution in [2.75, 3.05) is 11.9 Å². The summed E-state index contributed by atoms with van der Waals surface area (Å²) < 4.78 is 6.01. The molecule has 190 valence electrons. The predicted octanol–water partition coefficient (Wildman–Crippen LogP) is 6.22. The molecule has 1 aliphatic heterocycles. The van der Waals surface area contributed by atoms with E-state index in [1.165, 1.54) is 10.6 Å². The Labute approximate surface area is 229 Å². The minimum Gasteiger partial charge on any atom is -0.475 e. The van der Waals surface area contributed by atoms with Crippen molar-refractivity contribution < 1.29 is 9.53 Å². The summed E-state index contributed by atoms with van der Waals surface area (Å²) in [5.41, 5.74) is 3.21. The van der Waals surface area contributed by atoms with E-state index in [2.05, 4.69) is 72.0 Å². The number of nitrogens with zero attached hydrogens (tertiary/aromatic N) is 1. The van der Waals surface area contributed by atoms with Gasteiger partial charge in [-0.25, -0.2) is 4.99 Å². The summed E-state index contributed by atoms with van der Waals surface area (Å²) in [5.74, 6) is 0.388. The van der Waals surface area contributed by atoms with Gasteiger partial charge in [-0.05, 0) is 47.6 Å². The number of rotatable bonds is 7. The summed E-state index contributed by atoms with van der Waals surface area (Å²) >= 11 is 0. The average Bonchev–Trinajstić information content (AvgIpc) is 3.50. The summed E-state index contributed by atoms with van der Waals surface area (Å²) in [6.07, 6.45) is 0. The number of anilines is 1. The van der Waals surface area contributed by atoms with Crippen LogP contribution in [0.4, 0.5) is 5.69 Å². The zero-order valence-electron chi connectivity index (χ0n) is 21.3. The van der Waals surface area contributed by atoms with Gasteiger partial charge in [0.25, 0.3) is 5.91 Å². The number of ether oxygens (including phenoxy) is 1. The number of amides is 1. The summed E-state index contributed by atoms with van der Waals surface area (Å²) in [4.78, 5) is 18.7. The van der Waals surface area contributed by atoms with Crippen LogP contribution >= 0.6 is 7.92 Å². The molecule has 0 radical (unpaired) electrons. The average molecular weight is 527 g/mol. The van der Waals surface area contributed by atoms with E-state index in [1.54, 1.807) is 0 Å². The Balaban J connectivity index is 1.34. The number of carbonyl (C=O) groups excluding carboxylic acids is 1. The lowest BCUT2D eigenvalue weighted by atomic mass is 10.1. The molecule has 0 saturated carbocycles. The largest absolute Gasteiger partial charge is 0.475 e. The maximum Gasteiger partial charge on any atom is 0.256 e. The molecule has 0 unspecified atom stereocenters. The molecule has 39 heavy (non-hydrogen) atoms. The number of carbonyl (C=O) groups is 1.